The number of hydrogen-bond donors (Lipinski definition) is 2. The second-order valence-corrected chi connectivity index (χ2v) is 7.37. The summed E-state index contributed by atoms with van der Waals surface area (Å²) in [6.45, 7) is 2.07. The number of aliphatic hydroxyl groups excluding tert-OH is 1. The van der Waals surface area contributed by atoms with E-state index in [1.54, 1.807) is 24.5 Å². The number of pyridine rings is 1. The highest BCUT2D eigenvalue weighted by Crippen LogP contribution is 2.21. The number of likely N-dealkylation sites (tertiary alicyclic amines) is 1. The molecular formula is C19H22IN3O2. The quantitative estimate of drug-likeness (QED) is 0.663. The van der Waals surface area contributed by atoms with Gasteiger partial charge in [-0.2, -0.15) is 0 Å². The van der Waals surface area contributed by atoms with Gasteiger partial charge in [0, 0.05) is 35.6 Å². The highest BCUT2D eigenvalue weighted by atomic mass is 127. The topological polar surface area (TPSA) is 65.5 Å². The molecule has 25 heavy (non-hydrogen) atoms. The van der Waals surface area contributed by atoms with Crippen molar-refractivity contribution in [2.24, 2.45) is 0 Å². The summed E-state index contributed by atoms with van der Waals surface area (Å²) < 4.78 is 1.14. The Hall–Kier alpha value is -1.51. The molecule has 1 aromatic heterocycles. The molecule has 0 aliphatic carbocycles. The molecule has 2 heterocycles. The molecule has 132 valence electrons. The van der Waals surface area contributed by atoms with Gasteiger partial charge in [0.1, 0.15) is 12.1 Å². The van der Waals surface area contributed by atoms with Crippen LogP contribution in [-0.4, -0.2) is 40.0 Å². The van der Waals surface area contributed by atoms with Crippen molar-refractivity contribution < 1.29 is 9.90 Å². The maximum atomic E-state index is 13.0. The largest absolute Gasteiger partial charge is 0.386 e. The standard InChI is InChI=1S/C19H22IN3O2/c20-16-6-2-1-5-15(16)13-22-17(19(25)23-11-3-4-12-23)18(24)14-7-9-21-10-8-14/h1-2,5-10,17-18,22,24H,3-4,11-13H2. The van der Waals surface area contributed by atoms with Crippen molar-refractivity contribution >= 4 is 28.5 Å². The molecule has 2 unspecified atom stereocenters. The number of rotatable bonds is 6. The number of nitrogens with one attached hydrogen (secondary N) is 1. The van der Waals surface area contributed by atoms with Gasteiger partial charge in [0.15, 0.2) is 0 Å². The molecular weight excluding hydrogens is 429 g/mol. The van der Waals surface area contributed by atoms with Crippen molar-refractivity contribution in [3.63, 3.8) is 0 Å². The van der Waals surface area contributed by atoms with E-state index in [1.807, 2.05) is 29.2 Å². The third-order valence-electron chi connectivity index (χ3n) is 4.52. The van der Waals surface area contributed by atoms with Crippen LogP contribution >= 0.6 is 22.6 Å². The highest BCUT2D eigenvalue weighted by Gasteiger charge is 2.32. The lowest BCUT2D eigenvalue weighted by atomic mass is 10.0. The van der Waals surface area contributed by atoms with E-state index in [1.165, 1.54) is 0 Å². The Labute approximate surface area is 161 Å². The minimum atomic E-state index is -0.905. The molecule has 0 saturated carbocycles. The van der Waals surface area contributed by atoms with Crippen LogP contribution < -0.4 is 5.32 Å². The Balaban J connectivity index is 1.78. The van der Waals surface area contributed by atoms with Gasteiger partial charge in [-0.1, -0.05) is 18.2 Å². The zero-order valence-corrected chi connectivity index (χ0v) is 16.1. The molecule has 1 saturated heterocycles. The molecule has 3 rings (SSSR count). The van der Waals surface area contributed by atoms with Crippen LogP contribution in [-0.2, 0) is 11.3 Å². The van der Waals surface area contributed by atoms with E-state index in [2.05, 4.69) is 32.9 Å². The summed E-state index contributed by atoms with van der Waals surface area (Å²) in [4.78, 5) is 18.8. The molecule has 6 heteroatoms. The lowest BCUT2D eigenvalue weighted by molar-refractivity contribution is -0.135. The van der Waals surface area contributed by atoms with Crippen LogP contribution in [0.4, 0.5) is 0 Å². The maximum absolute atomic E-state index is 13.0. The van der Waals surface area contributed by atoms with Crippen LogP contribution in [0.2, 0.25) is 0 Å². The number of hydrogen-bond acceptors (Lipinski definition) is 4. The Morgan fingerprint density at radius 2 is 1.88 bits per heavy atom. The van der Waals surface area contributed by atoms with Gasteiger partial charge in [-0.15, -0.1) is 0 Å². The smallest absolute Gasteiger partial charge is 0.242 e. The van der Waals surface area contributed by atoms with Crippen LogP contribution in [0, 0.1) is 3.57 Å². The van der Waals surface area contributed by atoms with E-state index in [-0.39, 0.29) is 5.91 Å². The minimum absolute atomic E-state index is 0.0345. The highest BCUT2D eigenvalue weighted by molar-refractivity contribution is 14.1. The van der Waals surface area contributed by atoms with Crippen LogP contribution in [0.15, 0.2) is 48.8 Å². The Morgan fingerprint density at radius 3 is 2.56 bits per heavy atom. The summed E-state index contributed by atoms with van der Waals surface area (Å²) in [5.41, 5.74) is 1.81. The van der Waals surface area contributed by atoms with Crippen molar-refractivity contribution in [3.8, 4) is 0 Å². The SMILES string of the molecule is O=C(C(NCc1ccccc1I)C(O)c1ccncc1)N1CCCC1. The molecule has 5 nitrogen and oxygen atoms in total. The molecule has 0 radical (unpaired) electrons. The van der Waals surface area contributed by atoms with Crippen LogP contribution in [0.1, 0.15) is 30.1 Å². The third kappa shape index (κ3) is 4.56. The number of aromatic nitrogens is 1. The number of amides is 1. The molecule has 2 aromatic rings. The van der Waals surface area contributed by atoms with Crippen LogP contribution in [0.25, 0.3) is 0 Å². The number of halogens is 1. The van der Waals surface area contributed by atoms with E-state index in [4.69, 9.17) is 0 Å². The monoisotopic (exact) mass is 451 g/mol. The fourth-order valence-corrected chi connectivity index (χ4v) is 3.66. The Morgan fingerprint density at radius 1 is 1.20 bits per heavy atom. The Bertz CT molecular complexity index is 705. The third-order valence-corrected chi connectivity index (χ3v) is 5.57. The molecule has 1 aromatic carbocycles. The van der Waals surface area contributed by atoms with E-state index in [0.717, 1.165) is 35.1 Å². The second kappa shape index (κ2) is 8.73. The van der Waals surface area contributed by atoms with Crippen molar-refractivity contribution in [3.05, 3.63) is 63.5 Å². The minimum Gasteiger partial charge on any atom is -0.386 e. The van der Waals surface area contributed by atoms with Crippen molar-refractivity contribution in [1.82, 2.24) is 15.2 Å². The normalized spacial score (nSPS) is 16.6. The van der Waals surface area contributed by atoms with Crippen molar-refractivity contribution in [2.75, 3.05) is 13.1 Å². The summed E-state index contributed by atoms with van der Waals surface area (Å²) in [6.07, 6.45) is 4.42. The first-order chi connectivity index (χ1) is 12.2. The summed E-state index contributed by atoms with van der Waals surface area (Å²) in [6, 6.07) is 10.9. The second-order valence-electron chi connectivity index (χ2n) is 6.21. The van der Waals surface area contributed by atoms with Gasteiger partial charge in [0.2, 0.25) is 5.91 Å². The van der Waals surface area contributed by atoms with Gasteiger partial charge in [0.25, 0.3) is 0 Å². The molecule has 1 aliphatic rings. The number of aliphatic hydroxyl groups is 1. The Kier molecular flexibility index (Phi) is 6.39. The first-order valence-electron chi connectivity index (χ1n) is 8.50. The summed E-state index contributed by atoms with van der Waals surface area (Å²) in [5.74, 6) is -0.0345. The predicted molar refractivity (Wildman–Crippen MR) is 105 cm³/mol. The van der Waals surface area contributed by atoms with Crippen LogP contribution in [0.3, 0.4) is 0 Å². The van der Waals surface area contributed by atoms with E-state index in [9.17, 15) is 9.90 Å². The fraction of sp³-hybridized carbons (Fsp3) is 0.368. The first-order valence-corrected chi connectivity index (χ1v) is 9.58. The van der Waals surface area contributed by atoms with Crippen molar-refractivity contribution in [1.29, 1.82) is 0 Å². The molecule has 1 aliphatic heterocycles. The van der Waals surface area contributed by atoms with Gasteiger partial charge in [-0.05, 0) is 64.8 Å². The number of carbonyl (C=O) groups is 1. The molecule has 1 amide bonds. The predicted octanol–water partition coefficient (Wildman–Crippen LogP) is 2.50. The summed E-state index contributed by atoms with van der Waals surface area (Å²) in [5, 5.41) is 14.1. The van der Waals surface area contributed by atoms with E-state index < -0.39 is 12.1 Å². The van der Waals surface area contributed by atoms with Gasteiger partial charge in [-0.25, -0.2) is 0 Å². The van der Waals surface area contributed by atoms with E-state index in [0.29, 0.717) is 12.1 Å². The number of carbonyl (C=O) groups excluding carboxylic acids is 1. The average Bonchev–Trinajstić information content (AvgIpc) is 3.18. The fourth-order valence-electron chi connectivity index (χ4n) is 3.08. The zero-order valence-electron chi connectivity index (χ0n) is 13.9. The van der Waals surface area contributed by atoms with Crippen LogP contribution in [0.5, 0.6) is 0 Å². The summed E-state index contributed by atoms with van der Waals surface area (Å²) >= 11 is 2.29. The average molecular weight is 451 g/mol. The molecule has 2 atom stereocenters. The number of benzene rings is 1. The first kappa shape index (κ1) is 18.3. The lowest BCUT2D eigenvalue weighted by Gasteiger charge is -2.28. The van der Waals surface area contributed by atoms with Gasteiger partial charge >= 0.3 is 0 Å². The lowest BCUT2D eigenvalue weighted by Crippen LogP contribution is -2.48. The van der Waals surface area contributed by atoms with Gasteiger partial charge in [0.05, 0.1) is 0 Å². The molecule has 0 bridgehead atoms. The molecule has 1 fully saturated rings. The molecule has 0 spiro atoms. The molecule has 2 N–H and O–H groups in total. The summed E-state index contributed by atoms with van der Waals surface area (Å²) in [7, 11) is 0. The van der Waals surface area contributed by atoms with Gasteiger partial charge < -0.3 is 10.0 Å². The van der Waals surface area contributed by atoms with Crippen molar-refractivity contribution in [2.45, 2.75) is 31.5 Å². The van der Waals surface area contributed by atoms with Gasteiger partial charge in [-0.3, -0.25) is 15.1 Å². The van der Waals surface area contributed by atoms with E-state index >= 15 is 0 Å². The zero-order chi connectivity index (χ0) is 17.6. The number of nitrogens with zero attached hydrogens (tertiary/aromatic N) is 2. The maximum Gasteiger partial charge on any atom is 0.242 e.